The molecule has 0 aliphatic carbocycles. The minimum absolute atomic E-state index is 0.00620. The van der Waals surface area contributed by atoms with Crippen LogP contribution in [-0.4, -0.2) is 0 Å². The van der Waals surface area contributed by atoms with Crippen LogP contribution in [-0.2, 0) is 0 Å². The van der Waals surface area contributed by atoms with Crippen molar-refractivity contribution in [2.75, 3.05) is 0 Å². The van der Waals surface area contributed by atoms with E-state index in [1.165, 1.54) is 12.1 Å². The fourth-order valence-electron chi connectivity index (χ4n) is 1.18. The lowest BCUT2D eigenvalue weighted by Gasteiger charge is -2.17. The summed E-state index contributed by atoms with van der Waals surface area (Å²) in [5.74, 6) is -1.20. The second kappa shape index (κ2) is 4.36. The summed E-state index contributed by atoms with van der Waals surface area (Å²) in [7, 11) is 0. The van der Waals surface area contributed by atoms with E-state index in [-0.39, 0.29) is 16.0 Å². The van der Waals surface area contributed by atoms with Crippen LogP contribution in [0.3, 0.4) is 0 Å². The molecule has 78 valence electrons. The fraction of sp³-hybridized carbons (Fsp3) is 0.400. The van der Waals surface area contributed by atoms with E-state index in [2.05, 4.69) is 15.9 Å². The van der Waals surface area contributed by atoms with Crippen molar-refractivity contribution in [3.63, 3.8) is 0 Å². The van der Waals surface area contributed by atoms with Crippen molar-refractivity contribution in [2.24, 2.45) is 11.7 Å². The first kappa shape index (κ1) is 11.6. The first-order chi connectivity index (χ1) is 6.45. The van der Waals surface area contributed by atoms with E-state index >= 15 is 0 Å². The number of halogens is 3. The Morgan fingerprint density at radius 1 is 1.29 bits per heavy atom. The highest BCUT2D eigenvalue weighted by atomic mass is 79.9. The molecule has 0 bridgehead atoms. The molecule has 0 fully saturated rings. The second-order valence-electron chi connectivity index (χ2n) is 3.53. The van der Waals surface area contributed by atoms with Gasteiger partial charge in [-0.2, -0.15) is 0 Å². The third-order valence-corrected chi connectivity index (χ3v) is 2.74. The third kappa shape index (κ3) is 2.12. The first-order valence-corrected chi connectivity index (χ1v) is 5.13. The van der Waals surface area contributed by atoms with Gasteiger partial charge in [-0.25, -0.2) is 8.78 Å². The maximum atomic E-state index is 13.5. The average Bonchev–Trinajstić information content (AvgIpc) is 2.12. The summed E-state index contributed by atoms with van der Waals surface area (Å²) in [4.78, 5) is 0. The van der Waals surface area contributed by atoms with Crippen molar-refractivity contribution >= 4 is 15.9 Å². The highest BCUT2D eigenvalue weighted by Crippen LogP contribution is 2.28. The molecular weight excluding hydrogens is 252 g/mol. The van der Waals surface area contributed by atoms with E-state index in [1.54, 1.807) is 0 Å². The molecule has 2 N–H and O–H groups in total. The normalized spacial score (nSPS) is 13.4. The van der Waals surface area contributed by atoms with Gasteiger partial charge in [0.05, 0.1) is 4.47 Å². The molecule has 1 nitrogen and oxygen atoms in total. The molecule has 0 aliphatic heterocycles. The van der Waals surface area contributed by atoms with Crippen LogP contribution < -0.4 is 5.73 Å². The fourth-order valence-corrected chi connectivity index (χ4v) is 1.53. The lowest BCUT2D eigenvalue weighted by Crippen LogP contribution is -2.20. The van der Waals surface area contributed by atoms with Gasteiger partial charge in [0.15, 0.2) is 0 Å². The van der Waals surface area contributed by atoms with Gasteiger partial charge in [-0.3, -0.25) is 0 Å². The maximum Gasteiger partial charge on any atom is 0.145 e. The summed E-state index contributed by atoms with van der Waals surface area (Å²) in [5.41, 5.74) is 5.66. The Bertz CT molecular complexity index is 339. The zero-order valence-corrected chi connectivity index (χ0v) is 9.61. The zero-order valence-electron chi connectivity index (χ0n) is 8.02. The van der Waals surface area contributed by atoms with Gasteiger partial charge in [-0.1, -0.05) is 13.8 Å². The molecule has 0 saturated carbocycles. The van der Waals surface area contributed by atoms with Crippen LogP contribution in [0.25, 0.3) is 0 Å². The molecule has 4 heteroatoms. The van der Waals surface area contributed by atoms with Crippen molar-refractivity contribution < 1.29 is 8.78 Å². The van der Waals surface area contributed by atoms with Gasteiger partial charge < -0.3 is 5.73 Å². The summed E-state index contributed by atoms with van der Waals surface area (Å²) in [6.45, 7) is 3.65. The topological polar surface area (TPSA) is 26.0 Å². The van der Waals surface area contributed by atoms with Gasteiger partial charge >= 0.3 is 0 Å². The molecule has 1 rings (SSSR count). The van der Waals surface area contributed by atoms with Gasteiger partial charge in [0.1, 0.15) is 11.6 Å². The molecule has 0 spiro atoms. The Morgan fingerprint density at radius 2 is 1.86 bits per heavy atom. The molecule has 0 aliphatic rings. The Morgan fingerprint density at radius 3 is 2.36 bits per heavy atom. The van der Waals surface area contributed by atoms with Crippen molar-refractivity contribution in [2.45, 2.75) is 19.9 Å². The molecule has 1 aromatic carbocycles. The van der Waals surface area contributed by atoms with E-state index in [9.17, 15) is 8.78 Å². The van der Waals surface area contributed by atoms with Crippen LogP contribution in [0.1, 0.15) is 25.5 Å². The van der Waals surface area contributed by atoms with Gasteiger partial charge in [0.25, 0.3) is 0 Å². The molecule has 0 radical (unpaired) electrons. The zero-order chi connectivity index (χ0) is 10.9. The van der Waals surface area contributed by atoms with Crippen LogP contribution in [0.15, 0.2) is 16.6 Å². The number of hydrogen-bond donors (Lipinski definition) is 1. The van der Waals surface area contributed by atoms with Crippen LogP contribution in [0.2, 0.25) is 0 Å². The van der Waals surface area contributed by atoms with E-state index in [0.29, 0.717) is 0 Å². The minimum Gasteiger partial charge on any atom is -0.324 e. The molecule has 1 atom stereocenters. The van der Waals surface area contributed by atoms with E-state index in [4.69, 9.17) is 5.73 Å². The van der Waals surface area contributed by atoms with Gasteiger partial charge in [-0.15, -0.1) is 0 Å². The van der Waals surface area contributed by atoms with Crippen LogP contribution >= 0.6 is 15.9 Å². The summed E-state index contributed by atoms with van der Waals surface area (Å²) >= 11 is 3.00. The summed E-state index contributed by atoms with van der Waals surface area (Å²) in [6.07, 6.45) is 0. The quantitative estimate of drug-likeness (QED) is 0.814. The predicted octanol–water partition coefficient (Wildman–Crippen LogP) is 3.38. The van der Waals surface area contributed by atoms with Crippen molar-refractivity contribution in [3.8, 4) is 0 Å². The summed E-state index contributed by atoms with van der Waals surface area (Å²) in [6, 6.07) is 1.93. The maximum absolute atomic E-state index is 13.5. The smallest absolute Gasteiger partial charge is 0.145 e. The molecule has 1 aromatic rings. The largest absolute Gasteiger partial charge is 0.324 e. The van der Waals surface area contributed by atoms with E-state index < -0.39 is 17.7 Å². The molecule has 14 heavy (non-hydrogen) atoms. The monoisotopic (exact) mass is 263 g/mol. The van der Waals surface area contributed by atoms with Gasteiger partial charge in [0.2, 0.25) is 0 Å². The SMILES string of the molecule is CC(C)[C@@H](N)c1c(F)ccc(Br)c1F. The van der Waals surface area contributed by atoms with Crippen molar-refractivity contribution in [1.82, 2.24) is 0 Å². The van der Waals surface area contributed by atoms with Crippen LogP contribution in [0.4, 0.5) is 8.78 Å². The number of benzene rings is 1. The predicted molar refractivity (Wildman–Crippen MR) is 55.8 cm³/mol. The molecule has 0 saturated heterocycles. The minimum atomic E-state index is -0.618. The first-order valence-electron chi connectivity index (χ1n) is 4.34. The van der Waals surface area contributed by atoms with Gasteiger partial charge in [-0.05, 0) is 34.0 Å². The second-order valence-corrected chi connectivity index (χ2v) is 4.38. The standard InChI is InChI=1S/C10H12BrF2N/c1-5(2)10(14)8-7(12)4-3-6(11)9(8)13/h3-5,10H,14H2,1-2H3/t10-/m1/s1. The number of nitrogens with two attached hydrogens (primary N) is 1. The molecule has 0 heterocycles. The average molecular weight is 264 g/mol. The molecule has 0 aromatic heterocycles. The Balaban J connectivity index is 3.25. The van der Waals surface area contributed by atoms with Crippen molar-refractivity contribution in [1.29, 1.82) is 0 Å². The van der Waals surface area contributed by atoms with E-state index in [0.717, 1.165) is 0 Å². The summed E-state index contributed by atoms with van der Waals surface area (Å²) in [5, 5.41) is 0. The molecular formula is C10H12BrF2N. The third-order valence-electron chi connectivity index (χ3n) is 2.13. The highest BCUT2D eigenvalue weighted by Gasteiger charge is 2.21. The van der Waals surface area contributed by atoms with E-state index in [1.807, 2.05) is 13.8 Å². The Hall–Kier alpha value is -0.480. The Kier molecular flexibility index (Phi) is 3.61. The lowest BCUT2D eigenvalue weighted by molar-refractivity contribution is 0.453. The number of hydrogen-bond acceptors (Lipinski definition) is 1. The summed E-state index contributed by atoms with van der Waals surface area (Å²) < 4.78 is 27.0. The van der Waals surface area contributed by atoms with Crippen LogP contribution in [0.5, 0.6) is 0 Å². The molecule has 0 amide bonds. The lowest BCUT2D eigenvalue weighted by atomic mass is 9.96. The Labute approximate surface area is 90.4 Å². The highest BCUT2D eigenvalue weighted by molar-refractivity contribution is 9.10. The number of rotatable bonds is 2. The van der Waals surface area contributed by atoms with Crippen molar-refractivity contribution in [3.05, 3.63) is 33.8 Å². The van der Waals surface area contributed by atoms with Crippen LogP contribution in [0, 0.1) is 17.6 Å². The molecule has 0 unspecified atom stereocenters. The van der Waals surface area contributed by atoms with Gasteiger partial charge in [0, 0.05) is 11.6 Å².